The van der Waals surface area contributed by atoms with Crippen LogP contribution in [-0.2, 0) is 19.1 Å². The van der Waals surface area contributed by atoms with Gasteiger partial charge in [0.25, 0.3) is 0 Å². The monoisotopic (exact) mass is 211 g/mol. The number of ether oxygens (including phenoxy) is 2. The van der Waals surface area contributed by atoms with Gasteiger partial charge < -0.3 is 14.6 Å². The highest BCUT2D eigenvalue weighted by atomic mass is 16.5. The van der Waals surface area contributed by atoms with Crippen molar-refractivity contribution in [2.45, 2.75) is 12.6 Å². The largest absolute Gasteiger partial charge is 0.515 e. The van der Waals surface area contributed by atoms with Gasteiger partial charge in [-0.3, -0.25) is 9.69 Å². The van der Waals surface area contributed by atoms with Crippen LogP contribution in [0.15, 0.2) is 23.8 Å². The fourth-order valence-electron chi connectivity index (χ4n) is 1.55. The predicted molar refractivity (Wildman–Crippen MR) is 47.1 cm³/mol. The minimum absolute atomic E-state index is 0.0454. The molecule has 2 rings (SSSR count). The molecule has 0 bridgehead atoms. The Kier molecular flexibility index (Phi) is 2.11. The first kappa shape index (κ1) is 9.57. The first-order valence-electron chi connectivity index (χ1n) is 4.31. The number of hydrogen-bond acceptors (Lipinski definition) is 5. The number of hydrogen-bond donors (Lipinski definition) is 1. The number of methoxy groups -OCH3 is 1. The highest BCUT2D eigenvalue weighted by molar-refractivity contribution is 5.98. The Morgan fingerprint density at radius 1 is 1.73 bits per heavy atom. The molecule has 0 radical (unpaired) electrons. The van der Waals surface area contributed by atoms with Gasteiger partial charge in [0.2, 0.25) is 5.91 Å². The van der Waals surface area contributed by atoms with Gasteiger partial charge in [-0.15, -0.1) is 0 Å². The van der Waals surface area contributed by atoms with Crippen LogP contribution in [0.1, 0.15) is 6.42 Å². The molecule has 0 aromatic carbocycles. The lowest BCUT2D eigenvalue weighted by Gasteiger charge is -2.32. The van der Waals surface area contributed by atoms with E-state index < -0.39 is 12.2 Å². The number of carbonyl (C=O) groups excluding carboxylic acids is 2. The molecule has 0 spiro atoms. The fourth-order valence-corrected chi connectivity index (χ4v) is 1.55. The third kappa shape index (κ3) is 1.25. The van der Waals surface area contributed by atoms with Crippen molar-refractivity contribution in [3.05, 3.63) is 23.8 Å². The molecule has 0 aromatic heterocycles. The molecule has 1 saturated heterocycles. The summed E-state index contributed by atoms with van der Waals surface area (Å²) in [6, 6.07) is 0. The van der Waals surface area contributed by atoms with Gasteiger partial charge in [0.05, 0.1) is 19.8 Å². The summed E-state index contributed by atoms with van der Waals surface area (Å²) in [6.07, 6.45) is 1.76. The van der Waals surface area contributed by atoms with E-state index in [1.165, 1.54) is 18.1 Å². The molecule has 6 nitrogen and oxygen atoms in total. The number of rotatable bonds is 2. The smallest absolute Gasteiger partial charge is 0.358 e. The van der Waals surface area contributed by atoms with Crippen LogP contribution in [0.3, 0.4) is 0 Å². The number of aliphatic hydroxyl groups excluding tert-OH is 1. The van der Waals surface area contributed by atoms with E-state index in [1.807, 2.05) is 0 Å². The number of amides is 1. The lowest BCUT2D eigenvalue weighted by atomic mass is 10.1. The summed E-state index contributed by atoms with van der Waals surface area (Å²) in [5, 5.41) is 8.61. The van der Waals surface area contributed by atoms with Crippen LogP contribution >= 0.6 is 0 Å². The third-order valence-electron chi connectivity index (χ3n) is 2.25. The van der Waals surface area contributed by atoms with Gasteiger partial charge in [-0.25, -0.2) is 4.79 Å². The minimum atomic E-state index is -0.654. The maximum absolute atomic E-state index is 11.4. The molecule has 2 heterocycles. The normalized spacial score (nSPS) is 23.9. The third-order valence-corrected chi connectivity index (χ3v) is 2.25. The number of esters is 1. The molecule has 1 amide bonds. The lowest BCUT2D eigenvalue weighted by molar-refractivity contribution is -0.158. The van der Waals surface area contributed by atoms with Crippen LogP contribution < -0.4 is 0 Å². The van der Waals surface area contributed by atoms with Crippen molar-refractivity contribution in [1.82, 2.24) is 4.90 Å². The van der Waals surface area contributed by atoms with E-state index in [0.29, 0.717) is 0 Å². The molecule has 6 heteroatoms. The molecule has 0 aromatic rings. The van der Waals surface area contributed by atoms with Crippen LogP contribution in [0.5, 0.6) is 0 Å². The summed E-state index contributed by atoms with van der Waals surface area (Å²) in [4.78, 5) is 23.8. The van der Waals surface area contributed by atoms with E-state index in [2.05, 4.69) is 4.74 Å². The van der Waals surface area contributed by atoms with Crippen molar-refractivity contribution >= 4 is 11.9 Å². The average molecular weight is 211 g/mol. The van der Waals surface area contributed by atoms with Gasteiger partial charge in [0.15, 0.2) is 17.7 Å². The number of carbonyl (C=O) groups is 2. The van der Waals surface area contributed by atoms with E-state index in [9.17, 15) is 9.59 Å². The summed E-state index contributed by atoms with van der Waals surface area (Å²) in [5.41, 5.74) is 0.0454. The number of fused-ring (bicyclic) bond motifs is 1. The van der Waals surface area contributed by atoms with Crippen molar-refractivity contribution in [3.8, 4) is 0 Å². The van der Waals surface area contributed by atoms with Gasteiger partial charge in [-0.2, -0.15) is 0 Å². The highest BCUT2D eigenvalue weighted by Gasteiger charge is 2.49. The fraction of sp³-hybridized carbons (Fsp3) is 0.333. The highest BCUT2D eigenvalue weighted by Crippen LogP contribution is 2.36. The molecule has 2 aliphatic heterocycles. The van der Waals surface area contributed by atoms with E-state index in [0.717, 1.165) is 6.26 Å². The standard InChI is InChI=1S/C9H9NO5/c1-14-9(13)8-5(2-3-11)15-7-4-6(12)10(7)8/h2-3,7,11H,4H2,1H3. The number of β-lactam (4-membered cyclic amide) rings is 1. The molecule has 2 aliphatic rings. The minimum Gasteiger partial charge on any atom is -0.515 e. The molecular formula is C9H9NO5. The SMILES string of the molecule is COC(=O)C1=C(C=CO)OC2CC(=O)N12. The Morgan fingerprint density at radius 3 is 3.00 bits per heavy atom. The van der Waals surface area contributed by atoms with Crippen LogP contribution in [0, 0.1) is 0 Å². The topological polar surface area (TPSA) is 76.1 Å². The second-order valence-electron chi connectivity index (χ2n) is 3.06. The molecule has 0 saturated carbocycles. The Hall–Kier alpha value is -1.98. The van der Waals surface area contributed by atoms with Gasteiger partial charge in [-0.1, -0.05) is 0 Å². The number of allylic oxidation sites excluding steroid dienone is 1. The maximum Gasteiger partial charge on any atom is 0.358 e. The molecule has 1 unspecified atom stereocenters. The zero-order valence-electron chi connectivity index (χ0n) is 7.97. The van der Waals surface area contributed by atoms with Gasteiger partial charge >= 0.3 is 5.97 Å². The van der Waals surface area contributed by atoms with Crippen molar-refractivity contribution in [2.24, 2.45) is 0 Å². The van der Waals surface area contributed by atoms with E-state index in [1.54, 1.807) is 0 Å². The number of nitrogens with zero attached hydrogens (tertiary/aromatic N) is 1. The van der Waals surface area contributed by atoms with Crippen molar-refractivity contribution in [1.29, 1.82) is 0 Å². The zero-order chi connectivity index (χ0) is 11.0. The van der Waals surface area contributed by atoms with Gasteiger partial charge in [0.1, 0.15) is 0 Å². The Bertz CT molecular complexity index is 384. The molecular weight excluding hydrogens is 202 g/mol. The zero-order valence-corrected chi connectivity index (χ0v) is 7.97. The summed E-state index contributed by atoms with van der Waals surface area (Å²) < 4.78 is 9.77. The van der Waals surface area contributed by atoms with E-state index >= 15 is 0 Å². The van der Waals surface area contributed by atoms with Crippen LogP contribution in [0.2, 0.25) is 0 Å². The Morgan fingerprint density at radius 2 is 2.47 bits per heavy atom. The molecule has 1 fully saturated rings. The predicted octanol–water partition coefficient (Wildman–Crippen LogP) is 0.0313. The Balaban J connectivity index is 2.35. The Labute approximate surface area is 85.4 Å². The molecule has 1 atom stereocenters. The van der Waals surface area contributed by atoms with Crippen LogP contribution in [-0.4, -0.2) is 35.2 Å². The average Bonchev–Trinajstić information content (AvgIpc) is 2.50. The molecule has 80 valence electrons. The summed E-state index contributed by atoms with van der Waals surface area (Å²) in [7, 11) is 1.22. The maximum atomic E-state index is 11.4. The lowest BCUT2D eigenvalue weighted by Crippen LogP contribution is -2.50. The van der Waals surface area contributed by atoms with Crippen molar-refractivity contribution in [3.63, 3.8) is 0 Å². The molecule has 0 aliphatic carbocycles. The van der Waals surface area contributed by atoms with Crippen molar-refractivity contribution < 1.29 is 24.2 Å². The second-order valence-corrected chi connectivity index (χ2v) is 3.06. The van der Waals surface area contributed by atoms with Gasteiger partial charge in [-0.05, 0) is 0 Å². The first-order chi connectivity index (χ1) is 7.19. The summed E-state index contributed by atoms with van der Waals surface area (Å²) in [5.74, 6) is -0.694. The van der Waals surface area contributed by atoms with Crippen LogP contribution in [0.4, 0.5) is 0 Å². The van der Waals surface area contributed by atoms with Crippen molar-refractivity contribution in [2.75, 3.05) is 7.11 Å². The molecule has 1 N–H and O–H groups in total. The summed E-state index contributed by atoms with van der Waals surface area (Å²) >= 11 is 0. The van der Waals surface area contributed by atoms with E-state index in [4.69, 9.17) is 9.84 Å². The van der Waals surface area contributed by atoms with Gasteiger partial charge in [0, 0.05) is 6.08 Å². The van der Waals surface area contributed by atoms with E-state index in [-0.39, 0.29) is 23.8 Å². The quantitative estimate of drug-likeness (QED) is 0.396. The summed E-state index contributed by atoms with van der Waals surface area (Å²) in [6.45, 7) is 0. The first-order valence-corrected chi connectivity index (χ1v) is 4.31. The second kappa shape index (κ2) is 3.30. The number of aliphatic hydroxyl groups is 1. The molecule has 15 heavy (non-hydrogen) atoms. The van der Waals surface area contributed by atoms with Crippen LogP contribution in [0.25, 0.3) is 0 Å².